The van der Waals surface area contributed by atoms with Gasteiger partial charge in [0, 0.05) is 25.7 Å². The van der Waals surface area contributed by atoms with Crippen molar-refractivity contribution in [3.05, 3.63) is 114 Å². The van der Waals surface area contributed by atoms with Gasteiger partial charge in [0.1, 0.15) is 17.8 Å². The highest BCUT2D eigenvalue weighted by atomic mass is 16.5. The molecule has 1 atom stereocenters. The lowest BCUT2D eigenvalue weighted by Gasteiger charge is -2.30. The second-order valence-electron chi connectivity index (χ2n) is 10.5. The molecule has 0 spiro atoms. The van der Waals surface area contributed by atoms with E-state index in [2.05, 4.69) is 35.0 Å². The smallest absolute Gasteiger partial charge is 0.309 e. The number of likely N-dealkylation sites (tertiary alicyclic amines) is 1. The molecule has 8 nitrogen and oxygen atoms in total. The maximum Gasteiger partial charge on any atom is 0.309 e. The van der Waals surface area contributed by atoms with Crippen LogP contribution in [0, 0.1) is 5.92 Å². The monoisotopic (exact) mass is 567 g/mol. The van der Waals surface area contributed by atoms with E-state index < -0.39 is 0 Å². The summed E-state index contributed by atoms with van der Waals surface area (Å²) in [5.41, 5.74) is 2.53. The highest BCUT2D eigenvalue weighted by Gasteiger charge is 2.30. The molecule has 0 aliphatic carbocycles. The number of para-hydroxylation sites is 1. The number of piperidine rings is 1. The third kappa shape index (κ3) is 7.44. The summed E-state index contributed by atoms with van der Waals surface area (Å²) in [6, 6.07) is 28.1. The van der Waals surface area contributed by atoms with Crippen molar-refractivity contribution in [3.63, 3.8) is 0 Å². The van der Waals surface area contributed by atoms with E-state index in [0.717, 1.165) is 17.1 Å². The van der Waals surface area contributed by atoms with Gasteiger partial charge in [0.05, 0.1) is 19.1 Å². The van der Waals surface area contributed by atoms with E-state index >= 15 is 0 Å². The first-order valence-electron chi connectivity index (χ1n) is 14.5. The summed E-state index contributed by atoms with van der Waals surface area (Å²) < 4.78 is 17.0. The number of esters is 1. The Balaban J connectivity index is 1.28. The number of aromatic nitrogens is 1. The predicted octanol–water partition coefficient (Wildman–Crippen LogP) is 6.65. The number of rotatable bonds is 11. The van der Waals surface area contributed by atoms with Crippen LogP contribution in [-0.2, 0) is 22.6 Å². The number of carbonyl (C=O) groups excluding carboxylic acids is 2. The Kier molecular flexibility index (Phi) is 9.66. The highest BCUT2D eigenvalue weighted by molar-refractivity contribution is 5.92. The van der Waals surface area contributed by atoms with E-state index in [1.54, 1.807) is 11.8 Å². The Morgan fingerprint density at radius 1 is 0.952 bits per heavy atom. The molecule has 5 rings (SSSR count). The summed E-state index contributed by atoms with van der Waals surface area (Å²) in [6.07, 6.45) is 2.62. The fraction of sp³-hybridized carbons (Fsp3) is 0.324. The molecule has 8 heteroatoms. The standard InChI is InChI=1S/C34H37N3O5/c1-3-40-34(39)28-17-19-36(20-18-28)33(38)31-24-41-32(35-31)23-37(25(2)27-12-6-4-7-13-27)22-26-11-10-16-30(21-26)42-29-14-8-5-9-15-29/h4-16,21,24-25,28H,3,17-20,22-23H2,1-2H3. The second kappa shape index (κ2) is 14.0. The van der Waals surface area contributed by atoms with Crippen LogP contribution in [0.3, 0.4) is 0 Å². The minimum atomic E-state index is -0.182. The molecule has 0 N–H and O–H groups in total. The van der Waals surface area contributed by atoms with Crippen molar-refractivity contribution in [1.29, 1.82) is 0 Å². The van der Waals surface area contributed by atoms with E-state index in [4.69, 9.17) is 13.9 Å². The van der Waals surface area contributed by atoms with Crippen LogP contribution in [0.4, 0.5) is 0 Å². The number of ether oxygens (including phenoxy) is 2. The molecule has 1 saturated heterocycles. The van der Waals surface area contributed by atoms with Crippen LogP contribution in [0.2, 0.25) is 0 Å². The minimum absolute atomic E-state index is 0.0536. The molecular formula is C34H37N3O5. The summed E-state index contributed by atoms with van der Waals surface area (Å²) in [7, 11) is 0. The van der Waals surface area contributed by atoms with Crippen LogP contribution in [0.1, 0.15) is 60.2 Å². The van der Waals surface area contributed by atoms with Gasteiger partial charge in [-0.15, -0.1) is 0 Å². The molecule has 218 valence electrons. The zero-order valence-corrected chi connectivity index (χ0v) is 24.1. The Labute approximate surface area is 246 Å². The zero-order valence-electron chi connectivity index (χ0n) is 24.1. The van der Waals surface area contributed by atoms with Gasteiger partial charge in [-0.2, -0.15) is 0 Å². The van der Waals surface area contributed by atoms with Crippen LogP contribution in [-0.4, -0.2) is 46.4 Å². The van der Waals surface area contributed by atoms with Gasteiger partial charge in [0.25, 0.3) is 5.91 Å². The molecule has 4 aromatic rings. The van der Waals surface area contributed by atoms with Crippen LogP contribution < -0.4 is 4.74 Å². The summed E-state index contributed by atoms with van der Waals surface area (Å²) >= 11 is 0. The van der Waals surface area contributed by atoms with E-state index in [1.807, 2.05) is 66.7 Å². The van der Waals surface area contributed by atoms with Gasteiger partial charge in [-0.1, -0.05) is 60.7 Å². The van der Waals surface area contributed by atoms with E-state index in [1.165, 1.54) is 11.8 Å². The SMILES string of the molecule is CCOC(=O)C1CCN(C(=O)c2coc(CN(Cc3cccc(Oc4ccccc4)c3)C(C)c3ccccc3)n2)CC1. The van der Waals surface area contributed by atoms with Crippen LogP contribution in [0.15, 0.2) is 95.6 Å². The minimum Gasteiger partial charge on any atom is -0.466 e. The van der Waals surface area contributed by atoms with E-state index in [-0.39, 0.29) is 29.5 Å². The lowest BCUT2D eigenvalue weighted by Crippen LogP contribution is -2.40. The summed E-state index contributed by atoms with van der Waals surface area (Å²) in [5, 5.41) is 0. The molecule has 1 aromatic heterocycles. The van der Waals surface area contributed by atoms with Crippen LogP contribution in [0.25, 0.3) is 0 Å². The Hall–Kier alpha value is -4.43. The zero-order chi connectivity index (χ0) is 29.3. The Bertz CT molecular complexity index is 1450. The molecule has 0 radical (unpaired) electrons. The Morgan fingerprint density at radius 3 is 2.36 bits per heavy atom. The van der Waals surface area contributed by atoms with Crippen molar-refractivity contribution < 1.29 is 23.5 Å². The Morgan fingerprint density at radius 2 is 1.64 bits per heavy atom. The highest BCUT2D eigenvalue weighted by Crippen LogP contribution is 2.28. The second-order valence-corrected chi connectivity index (χ2v) is 10.5. The molecule has 0 bridgehead atoms. The fourth-order valence-electron chi connectivity index (χ4n) is 5.23. The number of amides is 1. The fourth-order valence-corrected chi connectivity index (χ4v) is 5.23. The van der Waals surface area contributed by atoms with Crippen molar-refractivity contribution in [3.8, 4) is 11.5 Å². The number of carbonyl (C=O) groups is 2. The van der Waals surface area contributed by atoms with Gasteiger partial charge < -0.3 is 18.8 Å². The summed E-state index contributed by atoms with van der Waals surface area (Å²) in [5.74, 6) is 1.50. The number of hydrogen-bond donors (Lipinski definition) is 0. The number of nitrogens with zero attached hydrogens (tertiary/aromatic N) is 3. The van der Waals surface area contributed by atoms with E-state index in [0.29, 0.717) is 51.5 Å². The number of hydrogen-bond acceptors (Lipinski definition) is 7. The normalized spacial score (nSPS) is 14.5. The maximum atomic E-state index is 13.2. The average molecular weight is 568 g/mol. The van der Waals surface area contributed by atoms with Crippen molar-refractivity contribution in [2.75, 3.05) is 19.7 Å². The lowest BCUT2D eigenvalue weighted by atomic mass is 9.97. The molecule has 1 amide bonds. The number of oxazole rings is 1. The van der Waals surface area contributed by atoms with Gasteiger partial charge in [-0.3, -0.25) is 14.5 Å². The van der Waals surface area contributed by atoms with Crippen LogP contribution >= 0.6 is 0 Å². The molecule has 3 aromatic carbocycles. The quantitative estimate of drug-likeness (QED) is 0.188. The third-order valence-corrected chi connectivity index (χ3v) is 7.60. The molecule has 1 fully saturated rings. The average Bonchev–Trinajstić information content (AvgIpc) is 3.50. The van der Waals surface area contributed by atoms with Gasteiger partial charge >= 0.3 is 5.97 Å². The van der Waals surface area contributed by atoms with Gasteiger partial charge in [0.2, 0.25) is 5.89 Å². The molecule has 0 saturated carbocycles. The van der Waals surface area contributed by atoms with Crippen molar-refractivity contribution >= 4 is 11.9 Å². The van der Waals surface area contributed by atoms with Crippen molar-refractivity contribution in [1.82, 2.24) is 14.8 Å². The van der Waals surface area contributed by atoms with E-state index in [9.17, 15) is 9.59 Å². The first-order valence-corrected chi connectivity index (χ1v) is 14.5. The molecule has 1 aliphatic heterocycles. The first kappa shape index (κ1) is 29.1. The van der Waals surface area contributed by atoms with Gasteiger partial charge in [0.15, 0.2) is 5.69 Å². The third-order valence-electron chi connectivity index (χ3n) is 7.60. The predicted molar refractivity (Wildman–Crippen MR) is 159 cm³/mol. The number of benzene rings is 3. The molecule has 2 heterocycles. The molecule has 42 heavy (non-hydrogen) atoms. The summed E-state index contributed by atoms with van der Waals surface area (Å²) in [6.45, 7) is 6.34. The van der Waals surface area contributed by atoms with Crippen molar-refractivity contribution in [2.24, 2.45) is 5.92 Å². The molecular weight excluding hydrogens is 530 g/mol. The molecule has 1 aliphatic rings. The largest absolute Gasteiger partial charge is 0.466 e. The van der Waals surface area contributed by atoms with Gasteiger partial charge in [-0.25, -0.2) is 4.98 Å². The maximum absolute atomic E-state index is 13.2. The summed E-state index contributed by atoms with van der Waals surface area (Å²) in [4.78, 5) is 33.9. The van der Waals surface area contributed by atoms with Crippen molar-refractivity contribution in [2.45, 2.75) is 45.8 Å². The topological polar surface area (TPSA) is 85.1 Å². The first-order chi connectivity index (χ1) is 20.5. The molecule has 1 unspecified atom stereocenters. The lowest BCUT2D eigenvalue weighted by molar-refractivity contribution is -0.149. The van der Waals surface area contributed by atoms with Crippen LogP contribution in [0.5, 0.6) is 11.5 Å². The van der Waals surface area contributed by atoms with Gasteiger partial charge in [-0.05, 0) is 62.1 Å².